The van der Waals surface area contributed by atoms with E-state index in [-0.39, 0.29) is 6.04 Å². The molecule has 2 N–H and O–H groups in total. The fraction of sp³-hybridized carbons (Fsp3) is 0.500. The van der Waals surface area contributed by atoms with Gasteiger partial charge in [-0.2, -0.15) is 0 Å². The molecule has 13 heavy (non-hydrogen) atoms. The lowest BCUT2D eigenvalue weighted by atomic mass is 10.2. The zero-order valence-electron chi connectivity index (χ0n) is 7.88. The maximum atomic E-state index is 5.28. The van der Waals surface area contributed by atoms with Gasteiger partial charge in [0.05, 0.1) is 6.04 Å². The Morgan fingerprint density at radius 1 is 1.77 bits per heavy atom. The molecular formula is C10H15N3. The maximum Gasteiger partial charge on any atom is 0.124 e. The summed E-state index contributed by atoms with van der Waals surface area (Å²) in [6.45, 7) is 3.09. The van der Waals surface area contributed by atoms with Crippen molar-refractivity contribution in [1.29, 1.82) is 0 Å². The number of imidazole rings is 1. The van der Waals surface area contributed by atoms with E-state index >= 15 is 0 Å². The van der Waals surface area contributed by atoms with Crippen LogP contribution in [0.5, 0.6) is 0 Å². The van der Waals surface area contributed by atoms with Crippen LogP contribution in [0.2, 0.25) is 0 Å². The third kappa shape index (κ3) is 2.92. The molecule has 0 aliphatic rings. The molecule has 3 nitrogen and oxygen atoms in total. The van der Waals surface area contributed by atoms with Crippen molar-refractivity contribution in [1.82, 2.24) is 15.3 Å². The van der Waals surface area contributed by atoms with Crippen molar-refractivity contribution in [2.45, 2.75) is 25.8 Å². The number of nitrogens with one attached hydrogen (secondary N) is 2. The van der Waals surface area contributed by atoms with Crippen LogP contribution in [0.25, 0.3) is 0 Å². The van der Waals surface area contributed by atoms with Gasteiger partial charge in [-0.25, -0.2) is 4.98 Å². The molecule has 3 heteroatoms. The SMILES string of the molecule is C#CCC(NCCC)c1ncc[nH]1. The molecule has 0 amide bonds. The second-order valence-corrected chi connectivity index (χ2v) is 2.89. The Hall–Kier alpha value is -1.27. The number of aromatic nitrogens is 2. The first-order valence-corrected chi connectivity index (χ1v) is 4.54. The number of nitrogens with zero attached hydrogens (tertiary/aromatic N) is 1. The van der Waals surface area contributed by atoms with E-state index in [0.717, 1.165) is 18.8 Å². The molecule has 1 unspecified atom stereocenters. The summed E-state index contributed by atoms with van der Waals surface area (Å²) in [5.41, 5.74) is 0. The van der Waals surface area contributed by atoms with Crippen molar-refractivity contribution in [2.24, 2.45) is 0 Å². The maximum absolute atomic E-state index is 5.28. The summed E-state index contributed by atoms with van der Waals surface area (Å²) in [5.74, 6) is 3.57. The van der Waals surface area contributed by atoms with Crippen LogP contribution in [0.1, 0.15) is 31.6 Å². The van der Waals surface area contributed by atoms with Gasteiger partial charge in [0.25, 0.3) is 0 Å². The van der Waals surface area contributed by atoms with Crippen LogP contribution in [0.4, 0.5) is 0 Å². The Morgan fingerprint density at radius 2 is 2.62 bits per heavy atom. The molecule has 1 rings (SSSR count). The lowest BCUT2D eigenvalue weighted by Gasteiger charge is -2.12. The van der Waals surface area contributed by atoms with Crippen molar-refractivity contribution in [3.05, 3.63) is 18.2 Å². The first-order chi connectivity index (χ1) is 6.38. The summed E-state index contributed by atoms with van der Waals surface area (Å²) >= 11 is 0. The summed E-state index contributed by atoms with van der Waals surface area (Å²) in [4.78, 5) is 7.24. The van der Waals surface area contributed by atoms with Gasteiger partial charge in [0.1, 0.15) is 5.82 Å². The number of hydrogen-bond acceptors (Lipinski definition) is 2. The lowest BCUT2D eigenvalue weighted by Crippen LogP contribution is -2.22. The van der Waals surface area contributed by atoms with E-state index in [4.69, 9.17) is 6.42 Å². The largest absolute Gasteiger partial charge is 0.347 e. The highest BCUT2D eigenvalue weighted by molar-refractivity contribution is 5.01. The molecule has 0 saturated heterocycles. The van der Waals surface area contributed by atoms with Gasteiger partial charge in [-0.3, -0.25) is 0 Å². The van der Waals surface area contributed by atoms with Gasteiger partial charge in [-0.05, 0) is 13.0 Å². The summed E-state index contributed by atoms with van der Waals surface area (Å²) in [5, 5.41) is 3.34. The summed E-state index contributed by atoms with van der Waals surface area (Å²) in [6, 6.07) is 0.167. The first-order valence-electron chi connectivity index (χ1n) is 4.54. The van der Waals surface area contributed by atoms with Crippen molar-refractivity contribution in [3.8, 4) is 12.3 Å². The molecule has 1 aromatic rings. The van der Waals surface area contributed by atoms with Crippen LogP contribution >= 0.6 is 0 Å². The highest BCUT2D eigenvalue weighted by Crippen LogP contribution is 2.10. The summed E-state index contributed by atoms with van der Waals surface area (Å²) in [6.07, 6.45) is 10.6. The van der Waals surface area contributed by atoms with E-state index < -0.39 is 0 Å². The van der Waals surface area contributed by atoms with Gasteiger partial charge >= 0.3 is 0 Å². The molecule has 0 radical (unpaired) electrons. The Morgan fingerprint density at radius 3 is 3.15 bits per heavy atom. The smallest absolute Gasteiger partial charge is 0.124 e. The van der Waals surface area contributed by atoms with E-state index in [1.54, 1.807) is 6.20 Å². The van der Waals surface area contributed by atoms with Crippen LogP contribution in [-0.2, 0) is 0 Å². The zero-order chi connectivity index (χ0) is 9.52. The van der Waals surface area contributed by atoms with E-state index in [1.165, 1.54) is 0 Å². The van der Waals surface area contributed by atoms with E-state index in [9.17, 15) is 0 Å². The van der Waals surface area contributed by atoms with E-state index in [1.807, 2.05) is 6.20 Å². The van der Waals surface area contributed by atoms with E-state index in [0.29, 0.717) is 6.42 Å². The minimum atomic E-state index is 0.167. The summed E-state index contributed by atoms with van der Waals surface area (Å²) in [7, 11) is 0. The number of hydrogen-bond donors (Lipinski definition) is 2. The quantitative estimate of drug-likeness (QED) is 0.669. The van der Waals surface area contributed by atoms with Crippen LogP contribution in [0.3, 0.4) is 0 Å². The number of aromatic amines is 1. The van der Waals surface area contributed by atoms with Gasteiger partial charge in [0.2, 0.25) is 0 Å². The lowest BCUT2D eigenvalue weighted by molar-refractivity contribution is 0.521. The average Bonchev–Trinajstić information content (AvgIpc) is 2.65. The van der Waals surface area contributed by atoms with E-state index in [2.05, 4.69) is 28.1 Å². The normalized spacial score (nSPS) is 12.3. The second-order valence-electron chi connectivity index (χ2n) is 2.89. The molecule has 70 valence electrons. The van der Waals surface area contributed by atoms with Gasteiger partial charge in [0, 0.05) is 18.8 Å². The second kappa shape index (κ2) is 5.39. The number of H-pyrrole nitrogens is 1. The molecule has 1 heterocycles. The Kier molecular flexibility index (Phi) is 4.07. The molecule has 0 fully saturated rings. The molecule has 0 aliphatic carbocycles. The molecule has 0 spiro atoms. The molecule has 0 saturated carbocycles. The first kappa shape index (κ1) is 9.82. The Bertz CT molecular complexity index is 258. The molecule has 0 aromatic carbocycles. The van der Waals surface area contributed by atoms with Crippen molar-refractivity contribution in [3.63, 3.8) is 0 Å². The van der Waals surface area contributed by atoms with Crippen molar-refractivity contribution in [2.75, 3.05) is 6.54 Å². The zero-order valence-corrected chi connectivity index (χ0v) is 7.88. The molecule has 0 aliphatic heterocycles. The molecule has 1 atom stereocenters. The molecule has 1 aromatic heterocycles. The fourth-order valence-corrected chi connectivity index (χ4v) is 1.17. The topological polar surface area (TPSA) is 40.7 Å². The standard InChI is InChI=1S/C10H15N3/c1-3-5-9(11-6-4-2)10-12-7-8-13-10/h1,7-9,11H,4-6H2,2H3,(H,12,13). The minimum Gasteiger partial charge on any atom is -0.347 e. The van der Waals surface area contributed by atoms with Gasteiger partial charge in [-0.15, -0.1) is 12.3 Å². The fourth-order valence-electron chi connectivity index (χ4n) is 1.17. The van der Waals surface area contributed by atoms with Crippen LogP contribution in [0, 0.1) is 12.3 Å². The van der Waals surface area contributed by atoms with Gasteiger partial charge in [0.15, 0.2) is 0 Å². The predicted molar refractivity (Wildman–Crippen MR) is 53.1 cm³/mol. The third-order valence-electron chi connectivity index (χ3n) is 1.81. The average molecular weight is 177 g/mol. The van der Waals surface area contributed by atoms with Crippen LogP contribution < -0.4 is 5.32 Å². The molecule has 0 bridgehead atoms. The number of terminal acetylenes is 1. The van der Waals surface area contributed by atoms with Gasteiger partial charge < -0.3 is 10.3 Å². The summed E-state index contributed by atoms with van der Waals surface area (Å²) < 4.78 is 0. The highest BCUT2D eigenvalue weighted by Gasteiger charge is 2.10. The minimum absolute atomic E-state index is 0.167. The Balaban J connectivity index is 2.53. The van der Waals surface area contributed by atoms with Gasteiger partial charge in [-0.1, -0.05) is 6.92 Å². The van der Waals surface area contributed by atoms with Crippen LogP contribution in [-0.4, -0.2) is 16.5 Å². The van der Waals surface area contributed by atoms with Crippen molar-refractivity contribution >= 4 is 0 Å². The third-order valence-corrected chi connectivity index (χ3v) is 1.81. The van der Waals surface area contributed by atoms with Crippen LogP contribution in [0.15, 0.2) is 12.4 Å². The monoisotopic (exact) mass is 177 g/mol. The predicted octanol–water partition coefficient (Wildman–Crippen LogP) is 1.47. The highest BCUT2D eigenvalue weighted by atomic mass is 15.0. The Labute approximate surface area is 79.0 Å². The number of rotatable bonds is 5. The van der Waals surface area contributed by atoms with Crippen molar-refractivity contribution < 1.29 is 0 Å². The molecular weight excluding hydrogens is 162 g/mol.